The monoisotopic (exact) mass is 360 g/mol. The Labute approximate surface area is 152 Å². The van der Waals surface area contributed by atoms with Crippen LogP contribution in [0.1, 0.15) is 5.56 Å². The number of aliphatic hydroxyl groups is 2. The molecule has 0 heterocycles. The molecule has 0 aliphatic carbocycles. The number of nitro benzene ring substituents is 1. The van der Waals surface area contributed by atoms with Crippen molar-refractivity contribution in [1.82, 2.24) is 4.90 Å². The first kappa shape index (κ1) is 19.8. The Morgan fingerprint density at radius 3 is 2.46 bits per heavy atom. The fourth-order valence-corrected chi connectivity index (χ4v) is 2.70. The lowest BCUT2D eigenvalue weighted by molar-refractivity contribution is -0.385. The highest BCUT2D eigenvalue weighted by atomic mass is 16.6. The van der Waals surface area contributed by atoms with Crippen LogP contribution in [-0.4, -0.2) is 59.0 Å². The number of hydrogen-bond acceptors (Lipinski definition) is 6. The zero-order valence-corrected chi connectivity index (χ0v) is 14.7. The van der Waals surface area contributed by atoms with Gasteiger partial charge in [-0.25, -0.2) is 0 Å². The third kappa shape index (κ3) is 5.80. The van der Waals surface area contributed by atoms with Crippen molar-refractivity contribution in [2.75, 3.05) is 26.8 Å². The molecule has 0 fully saturated rings. The molecule has 7 heteroatoms. The molecule has 2 rings (SSSR count). The molecule has 0 spiro atoms. The van der Waals surface area contributed by atoms with Crippen molar-refractivity contribution in [2.45, 2.75) is 18.6 Å². The van der Waals surface area contributed by atoms with Gasteiger partial charge >= 0.3 is 5.69 Å². The van der Waals surface area contributed by atoms with Crippen LogP contribution >= 0.6 is 0 Å². The predicted octanol–water partition coefficient (Wildman–Crippen LogP) is 1.87. The van der Waals surface area contributed by atoms with Gasteiger partial charge in [0.1, 0.15) is 12.7 Å². The van der Waals surface area contributed by atoms with Gasteiger partial charge < -0.3 is 14.9 Å². The lowest BCUT2D eigenvalue weighted by atomic mass is 10.1. The first-order chi connectivity index (χ1) is 12.5. The number of nitro groups is 1. The minimum absolute atomic E-state index is 0.0386. The lowest BCUT2D eigenvalue weighted by Gasteiger charge is -2.28. The maximum atomic E-state index is 11.0. The standard InChI is InChI=1S/C19H24N2O5/c1-20(16(13-22)11-15-7-3-2-4-8-15)12-17(23)14-26-19-10-6-5-9-18(19)21(24)25/h2-10,16-17,22-23H,11-14H2,1H3. The Bertz CT molecular complexity index is 695. The smallest absolute Gasteiger partial charge is 0.310 e. The summed E-state index contributed by atoms with van der Waals surface area (Å²) in [5.41, 5.74) is 0.967. The number of nitrogens with zero attached hydrogens (tertiary/aromatic N) is 2. The van der Waals surface area contributed by atoms with Gasteiger partial charge in [-0.15, -0.1) is 0 Å². The van der Waals surface area contributed by atoms with Gasteiger partial charge in [-0.1, -0.05) is 42.5 Å². The Balaban J connectivity index is 1.88. The van der Waals surface area contributed by atoms with Gasteiger partial charge in [-0.05, 0) is 25.1 Å². The van der Waals surface area contributed by atoms with Gasteiger partial charge in [-0.2, -0.15) is 0 Å². The third-order valence-corrected chi connectivity index (χ3v) is 4.14. The molecule has 0 saturated heterocycles. The van der Waals surface area contributed by atoms with E-state index >= 15 is 0 Å². The Kier molecular flexibility index (Phi) is 7.53. The van der Waals surface area contributed by atoms with Crippen LogP contribution in [0.2, 0.25) is 0 Å². The van der Waals surface area contributed by atoms with Gasteiger partial charge in [0.05, 0.1) is 11.5 Å². The van der Waals surface area contributed by atoms with Crippen molar-refractivity contribution in [3.63, 3.8) is 0 Å². The summed E-state index contributed by atoms with van der Waals surface area (Å²) in [5.74, 6) is 0.127. The number of rotatable bonds is 10. The van der Waals surface area contributed by atoms with E-state index in [1.165, 1.54) is 12.1 Å². The highest BCUT2D eigenvalue weighted by molar-refractivity contribution is 5.45. The van der Waals surface area contributed by atoms with Crippen molar-refractivity contribution in [3.05, 3.63) is 70.3 Å². The molecule has 26 heavy (non-hydrogen) atoms. The molecular weight excluding hydrogens is 336 g/mol. The zero-order valence-electron chi connectivity index (χ0n) is 14.7. The minimum atomic E-state index is -0.843. The van der Waals surface area contributed by atoms with Crippen LogP contribution in [0.4, 0.5) is 5.69 Å². The van der Waals surface area contributed by atoms with E-state index in [-0.39, 0.29) is 37.2 Å². The first-order valence-corrected chi connectivity index (χ1v) is 8.40. The Hall–Kier alpha value is -2.48. The van der Waals surface area contributed by atoms with E-state index in [1.807, 2.05) is 42.3 Å². The maximum Gasteiger partial charge on any atom is 0.310 e. The number of likely N-dealkylation sites (N-methyl/N-ethyl adjacent to an activating group) is 1. The van der Waals surface area contributed by atoms with E-state index in [4.69, 9.17) is 4.74 Å². The van der Waals surface area contributed by atoms with E-state index in [9.17, 15) is 20.3 Å². The second kappa shape index (κ2) is 9.86. The first-order valence-electron chi connectivity index (χ1n) is 8.40. The number of aliphatic hydroxyl groups excluding tert-OH is 2. The molecule has 0 amide bonds. The molecule has 0 aliphatic heterocycles. The predicted molar refractivity (Wildman–Crippen MR) is 98.2 cm³/mol. The number of hydrogen-bond donors (Lipinski definition) is 2. The van der Waals surface area contributed by atoms with E-state index in [2.05, 4.69) is 0 Å². The SMILES string of the molecule is CN(CC(O)COc1ccccc1[N+](=O)[O-])C(CO)Cc1ccccc1. The summed E-state index contributed by atoms with van der Waals surface area (Å²) in [5, 5.41) is 30.8. The maximum absolute atomic E-state index is 11.0. The van der Waals surface area contributed by atoms with Gasteiger partial charge in [0.2, 0.25) is 0 Å². The van der Waals surface area contributed by atoms with Gasteiger partial charge in [0.15, 0.2) is 5.75 Å². The average Bonchev–Trinajstić information content (AvgIpc) is 2.65. The van der Waals surface area contributed by atoms with Gasteiger partial charge in [0, 0.05) is 18.7 Å². The summed E-state index contributed by atoms with van der Waals surface area (Å²) >= 11 is 0. The summed E-state index contributed by atoms with van der Waals surface area (Å²) in [6, 6.07) is 15.7. The van der Waals surface area contributed by atoms with Gasteiger partial charge in [-0.3, -0.25) is 15.0 Å². The lowest BCUT2D eigenvalue weighted by Crippen LogP contribution is -2.42. The van der Waals surface area contributed by atoms with E-state index in [0.29, 0.717) is 6.42 Å². The highest BCUT2D eigenvalue weighted by Gasteiger charge is 2.19. The summed E-state index contributed by atoms with van der Waals surface area (Å²) in [6.45, 7) is 0.167. The molecule has 2 aromatic rings. The minimum Gasteiger partial charge on any atom is -0.484 e. The summed E-state index contributed by atoms with van der Waals surface area (Å²) in [6.07, 6.45) is -0.185. The highest BCUT2D eigenvalue weighted by Crippen LogP contribution is 2.25. The molecule has 2 atom stereocenters. The molecule has 0 bridgehead atoms. The molecule has 0 radical (unpaired) electrons. The van der Waals surface area contributed by atoms with Crippen LogP contribution in [-0.2, 0) is 6.42 Å². The molecule has 2 aromatic carbocycles. The average molecular weight is 360 g/mol. The number of benzene rings is 2. The molecule has 0 saturated carbocycles. The van der Waals surface area contributed by atoms with E-state index in [1.54, 1.807) is 12.1 Å². The summed E-state index contributed by atoms with van der Waals surface area (Å²) in [7, 11) is 1.82. The van der Waals surface area contributed by atoms with Crippen LogP contribution in [0.5, 0.6) is 5.75 Å². The molecular formula is C19H24N2O5. The molecule has 0 aliphatic rings. The molecule has 2 N–H and O–H groups in total. The van der Waals surface area contributed by atoms with Crippen molar-refractivity contribution < 1.29 is 19.9 Å². The summed E-state index contributed by atoms with van der Waals surface area (Å²) < 4.78 is 5.41. The topological polar surface area (TPSA) is 96.1 Å². The van der Waals surface area contributed by atoms with Crippen molar-refractivity contribution in [2.24, 2.45) is 0 Å². The summed E-state index contributed by atoms with van der Waals surface area (Å²) in [4.78, 5) is 12.3. The number of para-hydroxylation sites is 2. The van der Waals surface area contributed by atoms with Gasteiger partial charge in [0.25, 0.3) is 0 Å². The van der Waals surface area contributed by atoms with Crippen LogP contribution in [0.25, 0.3) is 0 Å². The zero-order chi connectivity index (χ0) is 18.9. The molecule has 2 unspecified atom stereocenters. The van der Waals surface area contributed by atoms with Crippen LogP contribution in [0.3, 0.4) is 0 Å². The fraction of sp³-hybridized carbons (Fsp3) is 0.368. The van der Waals surface area contributed by atoms with E-state index < -0.39 is 11.0 Å². The molecule has 7 nitrogen and oxygen atoms in total. The van der Waals surface area contributed by atoms with Crippen LogP contribution < -0.4 is 4.74 Å². The fourth-order valence-electron chi connectivity index (χ4n) is 2.70. The molecule has 140 valence electrons. The Morgan fingerprint density at radius 1 is 1.15 bits per heavy atom. The molecule has 0 aromatic heterocycles. The quantitative estimate of drug-likeness (QED) is 0.496. The van der Waals surface area contributed by atoms with E-state index in [0.717, 1.165) is 5.56 Å². The second-order valence-electron chi connectivity index (χ2n) is 6.16. The van der Waals surface area contributed by atoms with Crippen molar-refractivity contribution in [3.8, 4) is 5.75 Å². The Morgan fingerprint density at radius 2 is 1.81 bits per heavy atom. The third-order valence-electron chi connectivity index (χ3n) is 4.14. The second-order valence-corrected chi connectivity index (χ2v) is 6.16. The van der Waals surface area contributed by atoms with Crippen LogP contribution in [0.15, 0.2) is 54.6 Å². The number of ether oxygens (including phenoxy) is 1. The largest absolute Gasteiger partial charge is 0.484 e. The van der Waals surface area contributed by atoms with Crippen LogP contribution in [0, 0.1) is 10.1 Å². The van der Waals surface area contributed by atoms with Crippen molar-refractivity contribution >= 4 is 5.69 Å². The normalized spacial score (nSPS) is 13.4. The van der Waals surface area contributed by atoms with Crippen molar-refractivity contribution in [1.29, 1.82) is 0 Å².